The highest BCUT2D eigenvalue weighted by Crippen LogP contribution is 2.30. The van der Waals surface area contributed by atoms with Crippen molar-refractivity contribution in [2.24, 2.45) is 5.92 Å². The van der Waals surface area contributed by atoms with E-state index in [1.54, 1.807) is 0 Å². The Bertz CT molecular complexity index is 1210. The molecule has 1 saturated carbocycles. The maximum Gasteiger partial charge on any atom is 0.225 e. The fraction of sp³-hybridized carbons (Fsp3) is 0.357. The van der Waals surface area contributed by atoms with Gasteiger partial charge in [0.2, 0.25) is 5.95 Å². The minimum absolute atomic E-state index is 0.443. The molecule has 5 nitrogen and oxygen atoms in total. The molecule has 5 rings (SSSR count). The van der Waals surface area contributed by atoms with E-state index < -0.39 is 0 Å². The topological polar surface area (TPSA) is 53.1 Å². The number of rotatable bonds is 8. The molecule has 0 radical (unpaired) electrons. The molecule has 2 heterocycles. The van der Waals surface area contributed by atoms with Gasteiger partial charge in [0.05, 0.1) is 5.52 Å². The highest BCUT2D eigenvalue weighted by atomic mass is 32.1. The molecule has 1 aliphatic rings. The molecule has 4 aromatic rings. The monoisotopic (exact) mass is 471 g/mol. The minimum atomic E-state index is 0.443. The van der Waals surface area contributed by atoms with Gasteiger partial charge in [-0.25, -0.2) is 4.98 Å². The molecule has 2 aromatic heterocycles. The molecular formula is C28H33N5S. The van der Waals surface area contributed by atoms with Crippen molar-refractivity contribution >= 4 is 34.0 Å². The van der Waals surface area contributed by atoms with Crippen LogP contribution in [0.2, 0.25) is 0 Å². The van der Waals surface area contributed by atoms with Gasteiger partial charge in [-0.1, -0.05) is 42.5 Å². The second-order valence-electron chi connectivity index (χ2n) is 9.41. The van der Waals surface area contributed by atoms with E-state index in [2.05, 4.69) is 70.1 Å². The fourth-order valence-corrected chi connectivity index (χ4v) is 5.77. The number of aromatic nitrogens is 2. The summed E-state index contributed by atoms with van der Waals surface area (Å²) in [5.41, 5.74) is 2.29. The van der Waals surface area contributed by atoms with Crippen molar-refractivity contribution in [2.45, 2.75) is 38.3 Å². The van der Waals surface area contributed by atoms with Crippen LogP contribution in [0.4, 0.5) is 11.8 Å². The van der Waals surface area contributed by atoms with Crippen molar-refractivity contribution in [3.05, 3.63) is 71.6 Å². The number of fused-ring (bicyclic) bond motifs is 1. The lowest BCUT2D eigenvalue weighted by molar-refractivity contribution is 0.324. The van der Waals surface area contributed by atoms with E-state index in [0.717, 1.165) is 54.5 Å². The summed E-state index contributed by atoms with van der Waals surface area (Å²) in [4.78, 5) is 14.4. The number of thiophene rings is 1. The summed E-state index contributed by atoms with van der Waals surface area (Å²) >= 11 is 1.89. The molecule has 1 fully saturated rings. The third kappa shape index (κ3) is 5.40. The quantitative estimate of drug-likeness (QED) is 0.321. The molecule has 1 aliphatic carbocycles. The number of hydrogen-bond acceptors (Lipinski definition) is 6. The Kier molecular flexibility index (Phi) is 7.07. The summed E-state index contributed by atoms with van der Waals surface area (Å²) in [6.45, 7) is 2.04. The largest absolute Gasteiger partial charge is 0.362 e. The zero-order valence-corrected chi connectivity index (χ0v) is 20.8. The molecule has 2 N–H and O–H groups in total. The van der Waals surface area contributed by atoms with E-state index in [-0.39, 0.29) is 0 Å². The molecular weight excluding hydrogens is 438 g/mol. The second kappa shape index (κ2) is 10.5. The predicted molar refractivity (Wildman–Crippen MR) is 145 cm³/mol. The van der Waals surface area contributed by atoms with Gasteiger partial charge in [0, 0.05) is 41.8 Å². The second-order valence-corrected chi connectivity index (χ2v) is 10.6. The highest BCUT2D eigenvalue weighted by molar-refractivity contribution is 7.15. The number of nitrogens with one attached hydrogen (secondary N) is 2. The van der Waals surface area contributed by atoms with Gasteiger partial charge in [0.25, 0.3) is 0 Å². The van der Waals surface area contributed by atoms with Crippen LogP contribution in [0.15, 0.2) is 66.7 Å². The lowest BCUT2D eigenvalue weighted by Crippen LogP contribution is -2.31. The van der Waals surface area contributed by atoms with Crippen LogP contribution >= 0.6 is 11.3 Å². The maximum absolute atomic E-state index is 4.81. The molecule has 0 bridgehead atoms. The summed E-state index contributed by atoms with van der Waals surface area (Å²) in [5, 5.41) is 8.41. The Morgan fingerprint density at radius 1 is 0.882 bits per heavy atom. The molecule has 0 aliphatic heterocycles. The summed E-state index contributed by atoms with van der Waals surface area (Å²) in [7, 11) is 4.07. The van der Waals surface area contributed by atoms with Crippen molar-refractivity contribution in [3.63, 3.8) is 0 Å². The van der Waals surface area contributed by atoms with Gasteiger partial charge in [0.1, 0.15) is 5.82 Å². The Morgan fingerprint density at radius 2 is 1.65 bits per heavy atom. The van der Waals surface area contributed by atoms with Crippen LogP contribution in [0.3, 0.4) is 0 Å². The first kappa shape index (κ1) is 22.8. The molecule has 0 atom stereocenters. The number of anilines is 2. The standard InChI is InChI=1S/C28H33N5S/c1-33(2)27-24-10-6-7-11-25(24)31-28(32-27)30-22-14-12-20(13-15-22)18-29-19-23-16-17-26(34-23)21-8-4-3-5-9-21/h3-11,16-17,20,22,29H,12-15,18-19H2,1-2H3,(H,30,31,32). The highest BCUT2D eigenvalue weighted by Gasteiger charge is 2.22. The van der Waals surface area contributed by atoms with Crippen molar-refractivity contribution in [1.82, 2.24) is 15.3 Å². The Balaban J connectivity index is 1.10. The molecule has 0 amide bonds. The molecule has 34 heavy (non-hydrogen) atoms. The summed E-state index contributed by atoms with van der Waals surface area (Å²) < 4.78 is 0. The van der Waals surface area contributed by atoms with Crippen LogP contribution < -0.4 is 15.5 Å². The molecule has 2 aromatic carbocycles. The summed E-state index contributed by atoms with van der Waals surface area (Å²) in [5.74, 6) is 2.45. The molecule has 0 unspecified atom stereocenters. The van der Waals surface area contributed by atoms with Crippen LogP contribution in [0, 0.1) is 5.92 Å². The minimum Gasteiger partial charge on any atom is -0.362 e. The van der Waals surface area contributed by atoms with E-state index >= 15 is 0 Å². The first-order valence-electron chi connectivity index (χ1n) is 12.2. The summed E-state index contributed by atoms with van der Waals surface area (Å²) in [6, 6.07) is 23.8. The predicted octanol–water partition coefficient (Wildman–Crippen LogP) is 6.18. The van der Waals surface area contributed by atoms with Crippen molar-refractivity contribution < 1.29 is 0 Å². The maximum atomic E-state index is 4.81. The van der Waals surface area contributed by atoms with Gasteiger partial charge < -0.3 is 15.5 Å². The number of nitrogens with zero attached hydrogens (tertiary/aromatic N) is 3. The zero-order chi connectivity index (χ0) is 23.3. The van der Waals surface area contributed by atoms with Gasteiger partial charge in [0.15, 0.2) is 0 Å². The molecule has 0 saturated heterocycles. The van der Waals surface area contributed by atoms with E-state index in [4.69, 9.17) is 9.97 Å². The van der Waals surface area contributed by atoms with Gasteiger partial charge in [-0.3, -0.25) is 0 Å². The summed E-state index contributed by atoms with van der Waals surface area (Å²) in [6.07, 6.45) is 4.80. The van der Waals surface area contributed by atoms with Gasteiger partial charge in [-0.2, -0.15) is 4.98 Å². The van der Waals surface area contributed by atoms with E-state index in [1.807, 2.05) is 37.6 Å². The van der Waals surface area contributed by atoms with Crippen LogP contribution in [-0.2, 0) is 6.54 Å². The Labute approximate surface area is 206 Å². The number of para-hydroxylation sites is 1. The third-order valence-corrected chi connectivity index (χ3v) is 7.77. The van der Waals surface area contributed by atoms with Crippen molar-refractivity contribution in [2.75, 3.05) is 30.9 Å². The van der Waals surface area contributed by atoms with E-state index in [1.165, 1.54) is 28.2 Å². The fourth-order valence-electron chi connectivity index (χ4n) is 4.79. The van der Waals surface area contributed by atoms with Gasteiger partial charge in [-0.05, 0) is 68.0 Å². The van der Waals surface area contributed by atoms with E-state index in [0.29, 0.717) is 6.04 Å². The average molecular weight is 472 g/mol. The molecule has 6 heteroatoms. The van der Waals surface area contributed by atoms with Crippen molar-refractivity contribution in [1.29, 1.82) is 0 Å². The Hall–Kier alpha value is -2.96. The zero-order valence-electron chi connectivity index (χ0n) is 20.0. The first-order chi connectivity index (χ1) is 16.7. The van der Waals surface area contributed by atoms with Gasteiger partial charge in [-0.15, -0.1) is 11.3 Å². The average Bonchev–Trinajstić information content (AvgIpc) is 3.34. The normalized spacial score (nSPS) is 18.2. The van der Waals surface area contributed by atoms with Crippen LogP contribution in [-0.4, -0.2) is 36.6 Å². The smallest absolute Gasteiger partial charge is 0.225 e. The lowest BCUT2D eigenvalue weighted by atomic mass is 9.86. The Morgan fingerprint density at radius 3 is 2.44 bits per heavy atom. The van der Waals surface area contributed by atoms with Crippen LogP contribution in [0.5, 0.6) is 0 Å². The van der Waals surface area contributed by atoms with Crippen molar-refractivity contribution in [3.8, 4) is 10.4 Å². The lowest BCUT2D eigenvalue weighted by Gasteiger charge is -2.29. The van der Waals surface area contributed by atoms with Crippen LogP contribution in [0.25, 0.3) is 21.3 Å². The van der Waals surface area contributed by atoms with Crippen LogP contribution in [0.1, 0.15) is 30.6 Å². The first-order valence-corrected chi connectivity index (χ1v) is 13.0. The number of hydrogen-bond donors (Lipinski definition) is 2. The molecule has 176 valence electrons. The van der Waals surface area contributed by atoms with Gasteiger partial charge >= 0.3 is 0 Å². The SMILES string of the molecule is CN(C)c1nc(NC2CCC(CNCc3ccc(-c4ccccc4)s3)CC2)nc2ccccc12. The molecule has 0 spiro atoms. The number of benzene rings is 2. The third-order valence-electron chi connectivity index (χ3n) is 6.64. The van der Waals surface area contributed by atoms with E-state index in [9.17, 15) is 0 Å².